The lowest BCUT2D eigenvalue weighted by Gasteiger charge is -2.47. The highest BCUT2D eigenvalue weighted by molar-refractivity contribution is 5.79. The number of hydrogen-bond acceptors (Lipinski definition) is 4. The zero-order chi connectivity index (χ0) is 14.2. The highest BCUT2D eigenvalue weighted by atomic mass is 16.5. The van der Waals surface area contributed by atoms with Crippen LogP contribution in [0.25, 0.3) is 0 Å². The van der Waals surface area contributed by atoms with Gasteiger partial charge in [-0.15, -0.1) is 0 Å². The van der Waals surface area contributed by atoms with E-state index in [1.54, 1.807) is 0 Å². The fraction of sp³-hybridized carbons (Fsp3) is 0.938. The molecule has 4 aliphatic rings. The van der Waals surface area contributed by atoms with Gasteiger partial charge in [-0.3, -0.25) is 9.69 Å². The minimum absolute atomic E-state index is 0.0999. The van der Waals surface area contributed by atoms with E-state index in [1.165, 1.54) is 19.4 Å². The molecule has 5 nitrogen and oxygen atoms in total. The van der Waals surface area contributed by atoms with Crippen molar-refractivity contribution in [3.05, 3.63) is 0 Å². The number of morpholine rings is 1. The average Bonchev–Trinajstić information content (AvgIpc) is 3.16. The predicted molar refractivity (Wildman–Crippen MR) is 77.9 cm³/mol. The van der Waals surface area contributed by atoms with Crippen LogP contribution in [-0.4, -0.2) is 73.9 Å². The number of ether oxygens (including phenoxy) is 2. The number of hydrogen-bond donors (Lipinski definition) is 0. The molecule has 3 saturated heterocycles. The predicted octanol–water partition coefficient (Wildman–Crippen LogP) is 0.735. The summed E-state index contributed by atoms with van der Waals surface area (Å²) < 4.78 is 11.3. The highest BCUT2D eigenvalue weighted by Gasteiger charge is 2.41. The molecule has 3 heterocycles. The molecule has 0 bridgehead atoms. The summed E-state index contributed by atoms with van der Waals surface area (Å²) in [5.74, 6) is 1.31. The molecule has 0 spiro atoms. The molecule has 3 atom stereocenters. The van der Waals surface area contributed by atoms with E-state index < -0.39 is 0 Å². The number of amides is 1. The van der Waals surface area contributed by atoms with Gasteiger partial charge in [-0.25, -0.2) is 0 Å². The van der Waals surface area contributed by atoms with E-state index in [9.17, 15) is 4.79 Å². The second-order valence-corrected chi connectivity index (χ2v) is 7.05. The maximum Gasteiger partial charge on any atom is 0.228 e. The summed E-state index contributed by atoms with van der Waals surface area (Å²) in [6.45, 7) is 6.17. The number of rotatable bonds is 3. The minimum atomic E-state index is 0.0999. The van der Waals surface area contributed by atoms with Gasteiger partial charge in [0.1, 0.15) is 0 Å². The lowest BCUT2D eigenvalue weighted by atomic mass is 9.96. The quantitative estimate of drug-likeness (QED) is 0.770. The van der Waals surface area contributed by atoms with Gasteiger partial charge in [0.05, 0.1) is 31.3 Å². The van der Waals surface area contributed by atoms with Gasteiger partial charge in [0.25, 0.3) is 0 Å². The SMILES string of the molecule is O=C([C@@H]1CCOC1)N1CC[C@@H]2OCCN(CC3CC3)[C@H]2C1. The van der Waals surface area contributed by atoms with E-state index in [0.29, 0.717) is 24.7 Å². The van der Waals surface area contributed by atoms with Crippen LogP contribution in [0.4, 0.5) is 0 Å². The van der Waals surface area contributed by atoms with Gasteiger partial charge in [0, 0.05) is 32.8 Å². The van der Waals surface area contributed by atoms with Gasteiger partial charge in [-0.2, -0.15) is 0 Å². The Kier molecular flexibility index (Phi) is 3.90. The van der Waals surface area contributed by atoms with Gasteiger partial charge in [0.2, 0.25) is 5.91 Å². The van der Waals surface area contributed by atoms with Gasteiger partial charge in [-0.1, -0.05) is 0 Å². The summed E-state index contributed by atoms with van der Waals surface area (Å²) in [6.07, 6.45) is 4.99. The molecule has 1 aliphatic carbocycles. The number of carbonyl (C=O) groups is 1. The molecular weight excluding hydrogens is 268 g/mol. The Bertz CT molecular complexity index is 393. The van der Waals surface area contributed by atoms with Crippen molar-refractivity contribution < 1.29 is 14.3 Å². The third-order valence-corrected chi connectivity index (χ3v) is 5.48. The molecular formula is C16H26N2O3. The number of nitrogens with zero attached hydrogens (tertiary/aromatic N) is 2. The smallest absolute Gasteiger partial charge is 0.228 e. The first-order chi connectivity index (χ1) is 10.3. The zero-order valence-corrected chi connectivity index (χ0v) is 12.7. The lowest BCUT2D eigenvalue weighted by Crippen LogP contribution is -2.61. The summed E-state index contributed by atoms with van der Waals surface area (Å²) in [5.41, 5.74) is 0. The Morgan fingerprint density at radius 3 is 2.76 bits per heavy atom. The number of piperidine rings is 1. The lowest BCUT2D eigenvalue weighted by molar-refractivity contribution is -0.146. The zero-order valence-electron chi connectivity index (χ0n) is 12.7. The van der Waals surface area contributed by atoms with Crippen molar-refractivity contribution in [2.45, 2.75) is 37.8 Å². The molecule has 0 N–H and O–H groups in total. The summed E-state index contributed by atoms with van der Waals surface area (Å²) in [7, 11) is 0. The molecule has 21 heavy (non-hydrogen) atoms. The van der Waals surface area contributed by atoms with Crippen LogP contribution < -0.4 is 0 Å². The molecule has 118 valence electrons. The molecule has 0 radical (unpaired) electrons. The maximum absolute atomic E-state index is 12.6. The first-order valence-corrected chi connectivity index (χ1v) is 8.53. The first-order valence-electron chi connectivity index (χ1n) is 8.53. The molecule has 1 saturated carbocycles. The Labute approximate surface area is 126 Å². The number of carbonyl (C=O) groups excluding carboxylic acids is 1. The standard InChI is InChI=1S/C16H26N2O3/c19-16(13-4-7-20-11-13)18-5-3-15-14(10-18)17(6-8-21-15)9-12-1-2-12/h12-15H,1-11H2/t13-,14+,15+/m1/s1. The molecule has 0 aromatic carbocycles. The Hall–Kier alpha value is -0.650. The van der Waals surface area contributed by atoms with E-state index in [2.05, 4.69) is 9.80 Å². The van der Waals surface area contributed by atoms with E-state index in [4.69, 9.17) is 9.47 Å². The maximum atomic E-state index is 12.6. The van der Waals surface area contributed by atoms with Crippen LogP contribution in [-0.2, 0) is 14.3 Å². The topological polar surface area (TPSA) is 42.0 Å². The van der Waals surface area contributed by atoms with Crippen molar-refractivity contribution >= 4 is 5.91 Å². The third-order valence-electron chi connectivity index (χ3n) is 5.48. The van der Waals surface area contributed by atoms with E-state index >= 15 is 0 Å². The molecule has 5 heteroatoms. The van der Waals surface area contributed by atoms with Crippen LogP contribution in [0.3, 0.4) is 0 Å². The van der Waals surface area contributed by atoms with Crippen molar-refractivity contribution in [1.82, 2.24) is 9.80 Å². The van der Waals surface area contributed by atoms with Gasteiger partial charge in [0.15, 0.2) is 0 Å². The van der Waals surface area contributed by atoms with Crippen LogP contribution in [0.5, 0.6) is 0 Å². The highest BCUT2D eigenvalue weighted by Crippen LogP contribution is 2.33. The van der Waals surface area contributed by atoms with Crippen LogP contribution in [0.15, 0.2) is 0 Å². The summed E-state index contributed by atoms with van der Waals surface area (Å²) >= 11 is 0. The summed E-state index contributed by atoms with van der Waals surface area (Å²) in [6, 6.07) is 0.416. The Morgan fingerprint density at radius 2 is 2.00 bits per heavy atom. The van der Waals surface area contributed by atoms with Crippen LogP contribution in [0, 0.1) is 11.8 Å². The molecule has 0 aromatic rings. The fourth-order valence-corrected chi connectivity index (χ4v) is 3.99. The van der Waals surface area contributed by atoms with E-state index in [1.807, 2.05) is 0 Å². The van der Waals surface area contributed by atoms with Crippen LogP contribution in [0.1, 0.15) is 25.7 Å². The van der Waals surface area contributed by atoms with E-state index in [-0.39, 0.29) is 5.92 Å². The van der Waals surface area contributed by atoms with Crippen LogP contribution in [0.2, 0.25) is 0 Å². The van der Waals surface area contributed by atoms with Crippen molar-refractivity contribution in [2.24, 2.45) is 11.8 Å². The number of fused-ring (bicyclic) bond motifs is 1. The monoisotopic (exact) mass is 294 g/mol. The van der Waals surface area contributed by atoms with Gasteiger partial charge in [-0.05, 0) is 31.6 Å². The second kappa shape index (κ2) is 5.86. The normalized spacial score (nSPS) is 37.5. The van der Waals surface area contributed by atoms with Crippen molar-refractivity contribution in [3.63, 3.8) is 0 Å². The molecule has 0 aromatic heterocycles. The molecule has 4 fully saturated rings. The summed E-state index contributed by atoms with van der Waals surface area (Å²) in [5, 5.41) is 0. The van der Waals surface area contributed by atoms with Gasteiger partial charge >= 0.3 is 0 Å². The molecule has 3 aliphatic heterocycles. The second-order valence-electron chi connectivity index (χ2n) is 7.05. The average molecular weight is 294 g/mol. The fourth-order valence-electron chi connectivity index (χ4n) is 3.99. The Balaban J connectivity index is 1.40. The van der Waals surface area contributed by atoms with E-state index in [0.717, 1.165) is 51.6 Å². The van der Waals surface area contributed by atoms with Crippen LogP contribution >= 0.6 is 0 Å². The molecule has 0 unspecified atom stereocenters. The number of likely N-dealkylation sites (tertiary alicyclic amines) is 1. The largest absolute Gasteiger partial charge is 0.381 e. The van der Waals surface area contributed by atoms with Crippen molar-refractivity contribution in [2.75, 3.05) is 46.0 Å². The van der Waals surface area contributed by atoms with Crippen molar-refractivity contribution in [1.29, 1.82) is 0 Å². The van der Waals surface area contributed by atoms with Gasteiger partial charge < -0.3 is 14.4 Å². The third kappa shape index (κ3) is 2.96. The first kappa shape index (κ1) is 14.0. The summed E-state index contributed by atoms with van der Waals surface area (Å²) in [4.78, 5) is 17.3. The molecule has 1 amide bonds. The van der Waals surface area contributed by atoms with Crippen molar-refractivity contribution in [3.8, 4) is 0 Å². The molecule has 4 rings (SSSR count). The minimum Gasteiger partial charge on any atom is -0.381 e. The Morgan fingerprint density at radius 1 is 1.10 bits per heavy atom.